The van der Waals surface area contributed by atoms with Crippen molar-refractivity contribution in [2.75, 3.05) is 7.11 Å². The molecule has 2 rings (SSSR count). The highest BCUT2D eigenvalue weighted by Gasteiger charge is 2.22. The molecule has 0 spiro atoms. The third kappa shape index (κ3) is 5.18. The highest BCUT2D eigenvalue weighted by molar-refractivity contribution is 9.11. The van der Waals surface area contributed by atoms with Gasteiger partial charge in [-0.1, -0.05) is 62.2 Å². The van der Waals surface area contributed by atoms with Crippen molar-refractivity contribution in [1.29, 1.82) is 0 Å². The van der Waals surface area contributed by atoms with E-state index >= 15 is 0 Å². The third-order valence-electron chi connectivity index (χ3n) is 3.20. The van der Waals surface area contributed by atoms with Crippen molar-refractivity contribution in [3.8, 4) is 0 Å². The molecule has 0 aliphatic rings. The van der Waals surface area contributed by atoms with Gasteiger partial charge in [-0.05, 0) is 23.8 Å². The zero-order valence-corrected chi connectivity index (χ0v) is 15.6. The monoisotopic (exact) mass is 439 g/mol. The Morgan fingerprint density at radius 2 is 1.70 bits per heavy atom. The molecule has 0 bridgehead atoms. The smallest absolute Gasteiger partial charge is 0.328 e. The van der Waals surface area contributed by atoms with Crippen molar-refractivity contribution in [2.24, 2.45) is 0 Å². The summed E-state index contributed by atoms with van der Waals surface area (Å²) >= 11 is 6.68. The standard InChI is InChI=1S/C17H15Br2NO3/c1-23-17(22)15(7-11-5-3-2-4-6-11)20-16(21)12-8-13(18)10-14(19)9-12/h2-6,8-10,15H,7H2,1H3,(H,20,21)/t15-/m1/s1. The Balaban J connectivity index is 2.17. The number of rotatable bonds is 5. The molecule has 6 heteroatoms. The van der Waals surface area contributed by atoms with Gasteiger partial charge in [-0.3, -0.25) is 4.79 Å². The van der Waals surface area contributed by atoms with Crippen molar-refractivity contribution in [1.82, 2.24) is 5.32 Å². The van der Waals surface area contributed by atoms with Crippen molar-refractivity contribution in [3.05, 3.63) is 68.6 Å². The average molecular weight is 441 g/mol. The first-order chi connectivity index (χ1) is 11.0. The molecular weight excluding hydrogens is 426 g/mol. The molecule has 0 radical (unpaired) electrons. The Morgan fingerprint density at radius 1 is 1.09 bits per heavy atom. The van der Waals surface area contributed by atoms with E-state index in [0.29, 0.717) is 12.0 Å². The van der Waals surface area contributed by atoms with Crippen molar-refractivity contribution in [2.45, 2.75) is 12.5 Å². The van der Waals surface area contributed by atoms with Crippen molar-refractivity contribution < 1.29 is 14.3 Å². The van der Waals surface area contributed by atoms with E-state index in [9.17, 15) is 9.59 Å². The molecule has 120 valence electrons. The van der Waals surface area contributed by atoms with Crippen LogP contribution >= 0.6 is 31.9 Å². The zero-order valence-electron chi connectivity index (χ0n) is 12.4. The molecule has 0 aliphatic heterocycles. The van der Waals surface area contributed by atoms with Crippen LogP contribution in [0.2, 0.25) is 0 Å². The molecule has 0 aromatic heterocycles. The number of benzene rings is 2. The van der Waals surface area contributed by atoms with E-state index in [1.807, 2.05) is 36.4 Å². The van der Waals surface area contributed by atoms with Gasteiger partial charge in [0.2, 0.25) is 0 Å². The molecule has 4 nitrogen and oxygen atoms in total. The van der Waals surface area contributed by atoms with Gasteiger partial charge in [0.25, 0.3) is 5.91 Å². The number of hydrogen-bond donors (Lipinski definition) is 1. The van der Waals surface area contributed by atoms with Crippen LogP contribution in [-0.4, -0.2) is 25.0 Å². The summed E-state index contributed by atoms with van der Waals surface area (Å²) in [6.45, 7) is 0. The fourth-order valence-corrected chi connectivity index (χ4v) is 3.41. The van der Waals surface area contributed by atoms with Crippen LogP contribution in [-0.2, 0) is 16.0 Å². The summed E-state index contributed by atoms with van der Waals surface area (Å²) < 4.78 is 6.34. The first-order valence-corrected chi connectivity index (χ1v) is 8.47. The molecule has 0 saturated carbocycles. The molecule has 2 aromatic rings. The lowest BCUT2D eigenvalue weighted by atomic mass is 10.1. The minimum atomic E-state index is -0.743. The van der Waals surface area contributed by atoms with Crippen LogP contribution in [0, 0.1) is 0 Å². The van der Waals surface area contributed by atoms with Gasteiger partial charge >= 0.3 is 5.97 Å². The summed E-state index contributed by atoms with van der Waals surface area (Å²) in [5.41, 5.74) is 1.40. The first kappa shape index (κ1) is 17.7. The lowest BCUT2D eigenvalue weighted by molar-refractivity contribution is -0.142. The number of ether oxygens (including phenoxy) is 1. The van der Waals surface area contributed by atoms with Gasteiger partial charge in [0.05, 0.1) is 7.11 Å². The van der Waals surface area contributed by atoms with Crippen LogP contribution in [0.25, 0.3) is 0 Å². The second kappa shape index (κ2) is 8.26. The number of methoxy groups -OCH3 is 1. The van der Waals surface area contributed by atoms with Gasteiger partial charge in [-0.25, -0.2) is 4.79 Å². The number of carbonyl (C=O) groups excluding carboxylic acids is 2. The number of halogens is 2. The van der Waals surface area contributed by atoms with Gasteiger partial charge in [0, 0.05) is 20.9 Å². The summed E-state index contributed by atoms with van der Waals surface area (Å²) in [5.74, 6) is -0.811. The number of hydrogen-bond acceptors (Lipinski definition) is 3. The molecule has 0 saturated heterocycles. The number of esters is 1. The molecule has 1 amide bonds. The first-order valence-electron chi connectivity index (χ1n) is 6.88. The summed E-state index contributed by atoms with van der Waals surface area (Å²) in [4.78, 5) is 24.4. The molecule has 0 aliphatic carbocycles. The molecule has 1 N–H and O–H groups in total. The molecule has 0 heterocycles. The minimum Gasteiger partial charge on any atom is -0.467 e. The van der Waals surface area contributed by atoms with Crippen molar-refractivity contribution in [3.63, 3.8) is 0 Å². The lowest BCUT2D eigenvalue weighted by Crippen LogP contribution is -2.43. The van der Waals surface area contributed by atoms with Crippen LogP contribution in [0.3, 0.4) is 0 Å². The van der Waals surface area contributed by atoms with E-state index in [4.69, 9.17) is 4.74 Å². The van der Waals surface area contributed by atoms with Crippen molar-refractivity contribution >= 4 is 43.7 Å². The van der Waals surface area contributed by atoms with Gasteiger partial charge in [0.1, 0.15) is 6.04 Å². The van der Waals surface area contributed by atoms with E-state index < -0.39 is 12.0 Å². The molecule has 23 heavy (non-hydrogen) atoms. The number of nitrogens with one attached hydrogen (secondary N) is 1. The van der Waals surface area contributed by atoms with Crippen LogP contribution in [0.4, 0.5) is 0 Å². The Bertz CT molecular complexity index is 684. The lowest BCUT2D eigenvalue weighted by Gasteiger charge is -2.17. The fourth-order valence-electron chi connectivity index (χ4n) is 2.11. The normalized spacial score (nSPS) is 11.6. The van der Waals surface area contributed by atoms with E-state index in [-0.39, 0.29) is 5.91 Å². The predicted octanol–water partition coefficient (Wildman–Crippen LogP) is 3.73. The molecule has 0 unspecified atom stereocenters. The van der Waals surface area contributed by atoms with Crippen LogP contribution in [0.5, 0.6) is 0 Å². The number of carbonyl (C=O) groups is 2. The van der Waals surface area contributed by atoms with Crippen LogP contribution in [0.15, 0.2) is 57.5 Å². The van der Waals surface area contributed by atoms with Gasteiger partial charge < -0.3 is 10.1 Å². The summed E-state index contributed by atoms with van der Waals surface area (Å²) in [7, 11) is 1.31. The third-order valence-corrected chi connectivity index (χ3v) is 4.11. The fraction of sp³-hybridized carbons (Fsp3) is 0.176. The zero-order chi connectivity index (χ0) is 16.8. The van der Waals surface area contributed by atoms with E-state index in [1.54, 1.807) is 12.1 Å². The largest absolute Gasteiger partial charge is 0.467 e. The van der Waals surface area contributed by atoms with E-state index in [0.717, 1.165) is 14.5 Å². The Morgan fingerprint density at radius 3 is 2.26 bits per heavy atom. The molecule has 0 fully saturated rings. The Labute approximate surface area is 151 Å². The second-order valence-corrected chi connectivity index (χ2v) is 6.73. The maximum atomic E-state index is 12.4. The topological polar surface area (TPSA) is 55.4 Å². The maximum absolute atomic E-state index is 12.4. The van der Waals surface area contributed by atoms with Gasteiger partial charge in [-0.15, -0.1) is 0 Å². The van der Waals surface area contributed by atoms with Crippen LogP contribution in [0.1, 0.15) is 15.9 Å². The highest BCUT2D eigenvalue weighted by atomic mass is 79.9. The second-order valence-electron chi connectivity index (χ2n) is 4.90. The quantitative estimate of drug-likeness (QED) is 0.720. The Hall–Kier alpha value is -1.66. The predicted molar refractivity (Wildman–Crippen MR) is 95.3 cm³/mol. The average Bonchev–Trinajstić information content (AvgIpc) is 2.53. The SMILES string of the molecule is COC(=O)[C@@H](Cc1ccccc1)NC(=O)c1cc(Br)cc(Br)c1. The van der Waals surface area contributed by atoms with Gasteiger partial charge in [0.15, 0.2) is 0 Å². The summed E-state index contributed by atoms with van der Waals surface area (Å²) in [6.07, 6.45) is 0.369. The maximum Gasteiger partial charge on any atom is 0.328 e. The molecule has 1 atom stereocenters. The van der Waals surface area contributed by atoms with E-state index in [1.165, 1.54) is 7.11 Å². The molecular formula is C17H15Br2NO3. The summed E-state index contributed by atoms with van der Waals surface area (Å²) in [5, 5.41) is 2.73. The number of amides is 1. The summed E-state index contributed by atoms with van der Waals surface area (Å²) in [6, 6.07) is 13.9. The van der Waals surface area contributed by atoms with Gasteiger partial charge in [-0.2, -0.15) is 0 Å². The molecule has 2 aromatic carbocycles. The van der Waals surface area contributed by atoms with E-state index in [2.05, 4.69) is 37.2 Å². The highest BCUT2D eigenvalue weighted by Crippen LogP contribution is 2.20. The van der Waals surface area contributed by atoms with Crippen LogP contribution < -0.4 is 5.32 Å². The Kier molecular flexibility index (Phi) is 6.36. The minimum absolute atomic E-state index is 0.335.